The van der Waals surface area contributed by atoms with E-state index in [1.807, 2.05) is 43.3 Å². The van der Waals surface area contributed by atoms with Crippen LogP contribution in [0.2, 0.25) is 10.0 Å². The third-order valence-corrected chi connectivity index (χ3v) is 5.53. The number of carbonyl (C=O) groups excluding carboxylic acids is 1. The van der Waals surface area contributed by atoms with Gasteiger partial charge in [-0.2, -0.15) is 0 Å². The molecule has 0 N–H and O–H groups in total. The lowest BCUT2D eigenvalue weighted by molar-refractivity contribution is -0.129. The summed E-state index contributed by atoms with van der Waals surface area (Å²) in [5.74, 6) is 0.862. The molecule has 7 heteroatoms. The van der Waals surface area contributed by atoms with Gasteiger partial charge in [0.25, 0.3) is 0 Å². The number of cyclic esters (lactones) is 1. The molecule has 162 valence electrons. The Balaban J connectivity index is 1.53. The molecule has 0 spiro atoms. The average Bonchev–Trinajstić information content (AvgIpc) is 3.15. The molecule has 0 radical (unpaired) electrons. The van der Waals surface area contributed by atoms with Gasteiger partial charge >= 0.3 is 5.97 Å². The number of carbonyl (C=O) groups is 1. The largest absolute Gasteiger partial charge is 0.493 e. The Labute approximate surface area is 195 Å². The standard InChI is InChI=1S/C25H19Cl2NO4/c1-15-3-7-18(8-4-15)24-28-21(25(29)32-24)12-16-6-10-22(23(13-16)30-2)31-14-17-5-9-19(26)20(27)11-17/h3-13H,14H2,1-2H3/b21-12-. The van der Waals surface area contributed by atoms with E-state index in [0.717, 1.165) is 22.3 Å². The van der Waals surface area contributed by atoms with Gasteiger partial charge in [-0.1, -0.05) is 53.0 Å². The van der Waals surface area contributed by atoms with Crippen LogP contribution in [0.1, 0.15) is 22.3 Å². The third kappa shape index (κ3) is 4.96. The average molecular weight is 468 g/mol. The van der Waals surface area contributed by atoms with E-state index in [2.05, 4.69) is 4.99 Å². The maximum atomic E-state index is 12.3. The Bertz CT molecular complexity index is 1230. The highest BCUT2D eigenvalue weighted by atomic mass is 35.5. The van der Waals surface area contributed by atoms with Gasteiger partial charge in [-0.3, -0.25) is 0 Å². The van der Waals surface area contributed by atoms with Crippen molar-refractivity contribution in [2.24, 2.45) is 4.99 Å². The van der Waals surface area contributed by atoms with Crippen molar-refractivity contribution in [1.82, 2.24) is 0 Å². The highest BCUT2D eigenvalue weighted by molar-refractivity contribution is 6.42. The van der Waals surface area contributed by atoms with Gasteiger partial charge in [0.05, 0.1) is 17.2 Å². The van der Waals surface area contributed by atoms with E-state index in [4.69, 9.17) is 37.4 Å². The summed E-state index contributed by atoms with van der Waals surface area (Å²) in [7, 11) is 1.55. The van der Waals surface area contributed by atoms with E-state index in [-0.39, 0.29) is 11.6 Å². The number of rotatable bonds is 6. The second-order valence-electron chi connectivity index (χ2n) is 7.15. The predicted octanol–water partition coefficient (Wildman–Crippen LogP) is 6.23. The van der Waals surface area contributed by atoms with Crippen LogP contribution in [0.5, 0.6) is 11.5 Å². The number of hydrogen-bond donors (Lipinski definition) is 0. The molecule has 3 aromatic rings. The van der Waals surface area contributed by atoms with Crippen molar-refractivity contribution in [2.75, 3.05) is 7.11 Å². The molecule has 0 amide bonds. The Morgan fingerprint density at radius 3 is 2.47 bits per heavy atom. The van der Waals surface area contributed by atoms with Crippen LogP contribution < -0.4 is 9.47 Å². The number of nitrogens with zero attached hydrogens (tertiary/aromatic N) is 1. The molecule has 0 aromatic heterocycles. The second kappa shape index (κ2) is 9.47. The van der Waals surface area contributed by atoms with Crippen molar-refractivity contribution in [3.05, 3.63) is 98.7 Å². The predicted molar refractivity (Wildman–Crippen MR) is 126 cm³/mol. The molecular weight excluding hydrogens is 449 g/mol. The second-order valence-corrected chi connectivity index (χ2v) is 7.96. The van der Waals surface area contributed by atoms with Crippen molar-refractivity contribution in [1.29, 1.82) is 0 Å². The van der Waals surface area contributed by atoms with Gasteiger partial charge in [0.15, 0.2) is 17.2 Å². The topological polar surface area (TPSA) is 57.1 Å². The summed E-state index contributed by atoms with van der Waals surface area (Å²) in [5.41, 5.74) is 3.68. The highest BCUT2D eigenvalue weighted by Gasteiger charge is 2.24. The third-order valence-electron chi connectivity index (χ3n) is 4.79. The van der Waals surface area contributed by atoms with Gasteiger partial charge in [0.2, 0.25) is 5.90 Å². The first-order valence-corrected chi connectivity index (χ1v) is 10.5. The summed E-state index contributed by atoms with van der Waals surface area (Å²) >= 11 is 12.0. The fourth-order valence-corrected chi connectivity index (χ4v) is 3.39. The Morgan fingerprint density at radius 2 is 1.75 bits per heavy atom. The maximum Gasteiger partial charge on any atom is 0.363 e. The summed E-state index contributed by atoms with van der Waals surface area (Å²) < 4.78 is 16.7. The van der Waals surface area contributed by atoms with Crippen molar-refractivity contribution in [3.63, 3.8) is 0 Å². The number of methoxy groups -OCH3 is 1. The molecule has 0 unspecified atom stereocenters. The number of ether oxygens (including phenoxy) is 3. The zero-order valence-electron chi connectivity index (χ0n) is 17.4. The lowest BCUT2D eigenvalue weighted by atomic mass is 10.1. The number of hydrogen-bond acceptors (Lipinski definition) is 5. The minimum absolute atomic E-state index is 0.215. The molecule has 0 saturated carbocycles. The normalized spacial score (nSPS) is 14.3. The van der Waals surface area contributed by atoms with Crippen molar-refractivity contribution in [3.8, 4) is 11.5 Å². The van der Waals surface area contributed by atoms with Gasteiger partial charge in [0.1, 0.15) is 6.61 Å². The zero-order chi connectivity index (χ0) is 22.7. The first-order chi connectivity index (χ1) is 15.4. The molecule has 1 heterocycles. The van der Waals surface area contributed by atoms with Crippen molar-refractivity contribution >= 4 is 41.1 Å². The van der Waals surface area contributed by atoms with Gasteiger partial charge in [0, 0.05) is 5.56 Å². The summed E-state index contributed by atoms with van der Waals surface area (Å²) in [6, 6.07) is 18.3. The molecule has 0 fully saturated rings. The van der Waals surface area contributed by atoms with Crippen molar-refractivity contribution < 1.29 is 19.0 Å². The molecule has 3 aromatic carbocycles. The molecule has 1 aliphatic rings. The van der Waals surface area contributed by atoms with Crippen LogP contribution in [0, 0.1) is 6.92 Å². The zero-order valence-corrected chi connectivity index (χ0v) is 18.9. The Kier molecular flexibility index (Phi) is 6.49. The van der Waals surface area contributed by atoms with Crippen LogP contribution in [0.4, 0.5) is 0 Å². The molecule has 5 nitrogen and oxygen atoms in total. The van der Waals surface area contributed by atoms with E-state index in [1.54, 1.807) is 37.5 Å². The Hall–Kier alpha value is -3.28. The summed E-state index contributed by atoms with van der Waals surface area (Å²) in [6.07, 6.45) is 1.65. The Morgan fingerprint density at radius 1 is 0.969 bits per heavy atom. The fourth-order valence-electron chi connectivity index (χ4n) is 3.07. The molecule has 0 aliphatic carbocycles. The van der Waals surface area contributed by atoms with Crippen LogP contribution in [0.3, 0.4) is 0 Å². The molecule has 32 heavy (non-hydrogen) atoms. The molecule has 0 bridgehead atoms. The van der Waals surface area contributed by atoms with Crippen LogP contribution in [0.25, 0.3) is 6.08 Å². The van der Waals surface area contributed by atoms with Crippen LogP contribution in [-0.4, -0.2) is 19.0 Å². The number of aliphatic imine (C=N–C) groups is 1. The quantitative estimate of drug-likeness (QED) is 0.318. The highest BCUT2D eigenvalue weighted by Crippen LogP contribution is 2.31. The van der Waals surface area contributed by atoms with Crippen LogP contribution in [-0.2, 0) is 16.1 Å². The monoisotopic (exact) mass is 467 g/mol. The lowest BCUT2D eigenvalue weighted by Gasteiger charge is -2.12. The summed E-state index contributed by atoms with van der Waals surface area (Å²) in [6.45, 7) is 2.28. The number of benzene rings is 3. The van der Waals surface area contributed by atoms with E-state index in [9.17, 15) is 4.79 Å². The lowest BCUT2D eigenvalue weighted by Crippen LogP contribution is -2.05. The first kappa shape index (κ1) is 21.9. The smallest absolute Gasteiger partial charge is 0.363 e. The van der Waals surface area contributed by atoms with Gasteiger partial charge in [-0.05, 0) is 60.5 Å². The van der Waals surface area contributed by atoms with Gasteiger partial charge in [-0.15, -0.1) is 0 Å². The molecule has 0 saturated heterocycles. The van der Waals surface area contributed by atoms with Crippen LogP contribution in [0.15, 0.2) is 71.4 Å². The summed E-state index contributed by atoms with van der Waals surface area (Å²) in [4.78, 5) is 16.6. The molecule has 1 aliphatic heterocycles. The minimum Gasteiger partial charge on any atom is -0.493 e. The maximum absolute atomic E-state index is 12.3. The van der Waals surface area contributed by atoms with E-state index in [0.29, 0.717) is 28.2 Å². The minimum atomic E-state index is -0.500. The van der Waals surface area contributed by atoms with Gasteiger partial charge in [-0.25, -0.2) is 9.79 Å². The number of aryl methyl sites for hydroxylation is 1. The molecule has 0 atom stereocenters. The molecule has 4 rings (SSSR count). The van der Waals surface area contributed by atoms with E-state index in [1.165, 1.54) is 0 Å². The van der Waals surface area contributed by atoms with E-state index < -0.39 is 5.97 Å². The van der Waals surface area contributed by atoms with Crippen molar-refractivity contribution in [2.45, 2.75) is 13.5 Å². The number of esters is 1. The van der Waals surface area contributed by atoms with Crippen LogP contribution >= 0.6 is 23.2 Å². The number of halogens is 2. The van der Waals surface area contributed by atoms with Gasteiger partial charge < -0.3 is 14.2 Å². The van der Waals surface area contributed by atoms with E-state index >= 15 is 0 Å². The summed E-state index contributed by atoms with van der Waals surface area (Å²) in [5, 5.41) is 0.958. The first-order valence-electron chi connectivity index (χ1n) is 9.77. The fraction of sp³-hybridized carbons (Fsp3) is 0.120. The molecular formula is C25H19Cl2NO4. The SMILES string of the molecule is COc1cc(/C=C2\N=C(c3ccc(C)cc3)OC2=O)ccc1OCc1ccc(Cl)c(Cl)c1.